The van der Waals surface area contributed by atoms with Crippen molar-refractivity contribution in [3.63, 3.8) is 0 Å². The zero-order valence-electron chi connectivity index (χ0n) is 10.4. The molecule has 0 aliphatic carbocycles. The number of halogens is 2. The lowest BCUT2D eigenvalue weighted by atomic mass is 10.00. The molecule has 0 spiro atoms. The van der Waals surface area contributed by atoms with E-state index in [1.165, 1.54) is 6.07 Å². The first-order valence-corrected chi connectivity index (χ1v) is 6.15. The molecule has 2 rings (SSSR count). The molecule has 0 amide bonds. The summed E-state index contributed by atoms with van der Waals surface area (Å²) in [6, 6.07) is 3.97. The van der Waals surface area contributed by atoms with E-state index in [9.17, 15) is 8.78 Å². The fourth-order valence-electron chi connectivity index (χ4n) is 2.18. The van der Waals surface area contributed by atoms with Crippen LogP contribution in [-0.4, -0.2) is 32.8 Å². The summed E-state index contributed by atoms with van der Waals surface area (Å²) >= 11 is 0. The molecule has 1 aromatic rings. The van der Waals surface area contributed by atoms with Gasteiger partial charge in [-0.1, -0.05) is 6.07 Å². The van der Waals surface area contributed by atoms with Gasteiger partial charge in [0.25, 0.3) is 0 Å². The first-order chi connectivity index (χ1) is 8.70. The first kappa shape index (κ1) is 13.4. The third kappa shape index (κ3) is 3.25. The predicted octanol–water partition coefficient (Wildman–Crippen LogP) is 1.60. The van der Waals surface area contributed by atoms with Crippen LogP contribution >= 0.6 is 0 Å². The van der Waals surface area contributed by atoms with Gasteiger partial charge in [0.05, 0.1) is 12.7 Å². The normalized spacial score (nSPS) is 21.8. The maximum Gasteiger partial charge on any atom is 0.159 e. The Kier molecular flexibility index (Phi) is 4.63. The van der Waals surface area contributed by atoms with E-state index in [0.29, 0.717) is 6.61 Å². The van der Waals surface area contributed by atoms with Gasteiger partial charge in [-0.2, -0.15) is 0 Å². The Morgan fingerprint density at radius 2 is 2.28 bits per heavy atom. The fourth-order valence-corrected chi connectivity index (χ4v) is 2.18. The highest BCUT2D eigenvalue weighted by molar-refractivity contribution is 5.21. The molecule has 0 saturated carbocycles. The second-order valence-corrected chi connectivity index (χ2v) is 4.45. The largest absolute Gasteiger partial charge is 0.376 e. The third-order valence-corrected chi connectivity index (χ3v) is 3.20. The van der Waals surface area contributed by atoms with Crippen LogP contribution < -0.4 is 10.6 Å². The topological polar surface area (TPSA) is 33.3 Å². The van der Waals surface area contributed by atoms with Gasteiger partial charge in [0.15, 0.2) is 11.6 Å². The average Bonchev–Trinajstić information content (AvgIpc) is 2.40. The quantitative estimate of drug-likeness (QED) is 0.858. The van der Waals surface area contributed by atoms with Crippen molar-refractivity contribution in [2.75, 3.05) is 26.7 Å². The average molecular weight is 256 g/mol. The van der Waals surface area contributed by atoms with Crippen LogP contribution in [0, 0.1) is 11.6 Å². The van der Waals surface area contributed by atoms with Crippen molar-refractivity contribution < 1.29 is 13.5 Å². The number of benzene rings is 1. The van der Waals surface area contributed by atoms with E-state index in [0.717, 1.165) is 31.1 Å². The van der Waals surface area contributed by atoms with Crippen LogP contribution in [0.3, 0.4) is 0 Å². The molecular formula is C13H18F2N2O. The monoisotopic (exact) mass is 256 g/mol. The molecule has 2 atom stereocenters. The second kappa shape index (κ2) is 6.22. The van der Waals surface area contributed by atoms with Crippen LogP contribution in [-0.2, 0) is 4.74 Å². The van der Waals surface area contributed by atoms with Gasteiger partial charge in [-0.05, 0) is 31.2 Å². The molecule has 0 radical (unpaired) electrons. The second-order valence-electron chi connectivity index (χ2n) is 4.45. The van der Waals surface area contributed by atoms with Gasteiger partial charge < -0.3 is 15.4 Å². The van der Waals surface area contributed by atoms with E-state index in [1.807, 2.05) is 7.05 Å². The first-order valence-electron chi connectivity index (χ1n) is 6.15. The SMILES string of the molecule is CNC(CC1CNCCO1)c1ccc(F)c(F)c1. The van der Waals surface area contributed by atoms with Gasteiger partial charge in [0.1, 0.15) is 0 Å². The summed E-state index contributed by atoms with van der Waals surface area (Å²) in [5, 5.41) is 6.36. The number of morpholine rings is 1. The zero-order valence-corrected chi connectivity index (χ0v) is 10.4. The highest BCUT2D eigenvalue weighted by Crippen LogP contribution is 2.21. The Balaban J connectivity index is 2.04. The van der Waals surface area contributed by atoms with Gasteiger partial charge in [0, 0.05) is 19.1 Å². The molecule has 2 N–H and O–H groups in total. The summed E-state index contributed by atoms with van der Waals surface area (Å²) in [6.45, 7) is 2.35. The van der Waals surface area contributed by atoms with Gasteiger partial charge in [-0.25, -0.2) is 8.78 Å². The number of ether oxygens (including phenoxy) is 1. The summed E-state index contributed by atoms with van der Waals surface area (Å²) in [5.74, 6) is -1.63. The van der Waals surface area contributed by atoms with Crippen molar-refractivity contribution in [2.24, 2.45) is 0 Å². The van der Waals surface area contributed by atoms with E-state index < -0.39 is 11.6 Å². The molecule has 1 aliphatic heterocycles. The molecular weight excluding hydrogens is 238 g/mol. The van der Waals surface area contributed by atoms with Gasteiger partial charge >= 0.3 is 0 Å². The molecule has 100 valence electrons. The highest BCUT2D eigenvalue weighted by Gasteiger charge is 2.20. The molecule has 0 bridgehead atoms. The third-order valence-electron chi connectivity index (χ3n) is 3.20. The Bertz CT molecular complexity index is 395. The van der Waals surface area contributed by atoms with Crippen molar-refractivity contribution in [2.45, 2.75) is 18.6 Å². The van der Waals surface area contributed by atoms with Crippen molar-refractivity contribution in [1.82, 2.24) is 10.6 Å². The Hall–Kier alpha value is -1.04. The maximum absolute atomic E-state index is 13.2. The van der Waals surface area contributed by atoms with Crippen LogP contribution in [0.4, 0.5) is 8.78 Å². The summed E-state index contributed by atoms with van der Waals surface area (Å²) < 4.78 is 31.7. The smallest absolute Gasteiger partial charge is 0.159 e. The fraction of sp³-hybridized carbons (Fsp3) is 0.538. The minimum atomic E-state index is -0.816. The highest BCUT2D eigenvalue weighted by atomic mass is 19.2. The van der Waals surface area contributed by atoms with Crippen LogP contribution in [0.5, 0.6) is 0 Å². The number of hydrogen-bond acceptors (Lipinski definition) is 3. The predicted molar refractivity (Wildman–Crippen MR) is 65.4 cm³/mol. The van der Waals surface area contributed by atoms with Crippen molar-refractivity contribution in [1.29, 1.82) is 0 Å². The minimum Gasteiger partial charge on any atom is -0.376 e. The van der Waals surface area contributed by atoms with Crippen molar-refractivity contribution >= 4 is 0 Å². The molecule has 1 aromatic carbocycles. The Morgan fingerprint density at radius 3 is 2.89 bits per heavy atom. The number of rotatable bonds is 4. The Labute approximate surface area is 106 Å². The molecule has 5 heteroatoms. The van der Waals surface area contributed by atoms with E-state index in [-0.39, 0.29) is 12.1 Å². The van der Waals surface area contributed by atoms with Crippen LogP contribution in [0.15, 0.2) is 18.2 Å². The van der Waals surface area contributed by atoms with E-state index in [2.05, 4.69) is 10.6 Å². The van der Waals surface area contributed by atoms with E-state index in [4.69, 9.17) is 4.74 Å². The molecule has 3 nitrogen and oxygen atoms in total. The standard InChI is InChI=1S/C13H18F2N2O/c1-16-13(7-10-8-17-4-5-18-10)9-2-3-11(14)12(15)6-9/h2-3,6,10,13,16-17H,4-5,7-8H2,1H3. The molecule has 18 heavy (non-hydrogen) atoms. The lowest BCUT2D eigenvalue weighted by molar-refractivity contribution is 0.0176. The molecule has 0 aromatic heterocycles. The van der Waals surface area contributed by atoms with Crippen LogP contribution in [0.1, 0.15) is 18.0 Å². The maximum atomic E-state index is 13.2. The van der Waals surface area contributed by atoms with Gasteiger partial charge in [0.2, 0.25) is 0 Å². The Morgan fingerprint density at radius 1 is 1.44 bits per heavy atom. The van der Waals surface area contributed by atoms with Crippen molar-refractivity contribution in [3.05, 3.63) is 35.4 Å². The van der Waals surface area contributed by atoms with Crippen LogP contribution in [0.2, 0.25) is 0 Å². The lowest BCUT2D eigenvalue weighted by Crippen LogP contribution is -2.40. The lowest BCUT2D eigenvalue weighted by Gasteiger charge is -2.27. The summed E-state index contributed by atoms with van der Waals surface area (Å²) in [7, 11) is 1.81. The van der Waals surface area contributed by atoms with E-state index >= 15 is 0 Å². The zero-order chi connectivity index (χ0) is 13.0. The summed E-state index contributed by atoms with van der Waals surface area (Å²) in [5.41, 5.74) is 0.741. The molecule has 1 saturated heterocycles. The molecule has 1 aliphatic rings. The molecule has 1 fully saturated rings. The van der Waals surface area contributed by atoms with Crippen molar-refractivity contribution in [3.8, 4) is 0 Å². The molecule has 1 heterocycles. The van der Waals surface area contributed by atoms with E-state index in [1.54, 1.807) is 6.07 Å². The summed E-state index contributed by atoms with van der Waals surface area (Å²) in [6.07, 6.45) is 0.832. The van der Waals surface area contributed by atoms with Crippen LogP contribution in [0.25, 0.3) is 0 Å². The van der Waals surface area contributed by atoms with Gasteiger partial charge in [-0.15, -0.1) is 0 Å². The van der Waals surface area contributed by atoms with Gasteiger partial charge in [-0.3, -0.25) is 0 Å². The minimum absolute atomic E-state index is 0.0370. The summed E-state index contributed by atoms with van der Waals surface area (Å²) in [4.78, 5) is 0. The number of hydrogen-bond donors (Lipinski definition) is 2. The molecule has 2 unspecified atom stereocenters. The number of nitrogens with one attached hydrogen (secondary N) is 2.